The molecule has 0 amide bonds. The fraction of sp³-hybridized carbons (Fsp3) is 0.364. The Morgan fingerprint density at radius 1 is 1.13 bits per heavy atom. The summed E-state index contributed by atoms with van der Waals surface area (Å²) >= 11 is 0. The second kappa shape index (κ2) is 9.67. The van der Waals surface area contributed by atoms with Crippen molar-refractivity contribution in [1.82, 2.24) is 19.5 Å². The van der Waals surface area contributed by atoms with Crippen LogP contribution in [-0.4, -0.2) is 48.5 Å². The number of nitrogens with one attached hydrogen (secondary N) is 2. The molecule has 9 nitrogen and oxygen atoms in total. The summed E-state index contributed by atoms with van der Waals surface area (Å²) in [6.45, 7) is 6.15. The van der Waals surface area contributed by atoms with Crippen molar-refractivity contribution in [3.05, 3.63) is 52.8 Å². The van der Waals surface area contributed by atoms with Gasteiger partial charge in [0.05, 0.1) is 17.7 Å². The molecule has 0 aromatic carbocycles. The number of anilines is 3. The smallest absolute Gasteiger partial charge is 0.262 e. The van der Waals surface area contributed by atoms with Crippen molar-refractivity contribution in [1.29, 1.82) is 0 Å². The van der Waals surface area contributed by atoms with Crippen molar-refractivity contribution in [3.8, 4) is 0 Å². The van der Waals surface area contributed by atoms with Gasteiger partial charge in [-0.2, -0.15) is 0 Å². The van der Waals surface area contributed by atoms with Gasteiger partial charge in [-0.25, -0.2) is 15.0 Å². The zero-order valence-electron chi connectivity index (χ0n) is 18.0. The summed E-state index contributed by atoms with van der Waals surface area (Å²) in [5.41, 5.74) is 0.171. The third-order valence-corrected chi connectivity index (χ3v) is 4.32. The molecule has 0 saturated heterocycles. The first kappa shape index (κ1) is 22.4. The number of aliphatic hydroxyl groups is 2. The lowest BCUT2D eigenvalue weighted by atomic mass is 10.1. The quantitative estimate of drug-likeness (QED) is 0.435. The van der Waals surface area contributed by atoms with Crippen LogP contribution < -0.4 is 16.2 Å². The van der Waals surface area contributed by atoms with Gasteiger partial charge in [-0.3, -0.25) is 4.79 Å². The van der Waals surface area contributed by atoms with E-state index in [1.807, 2.05) is 39.0 Å². The number of nitrogens with zero attached hydrogens (tertiary/aromatic N) is 4. The number of aromatic nitrogens is 4. The highest BCUT2D eigenvalue weighted by atomic mass is 16.3. The zero-order valence-corrected chi connectivity index (χ0v) is 18.0. The van der Waals surface area contributed by atoms with Crippen molar-refractivity contribution >= 4 is 34.3 Å². The van der Waals surface area contributed by atoms with Crippen LogP contribution in [0.4, 0.5) is 17.5 Å². The van der Waals surface area contributed by atoms with Crippen LogP contribution >= 0.6 is 0 Å². The van der Waals surface area contributed by atoms with E-state index in [9.17, 15) is 9.90 Å². The number of aliphatic hydroxyl groups excluding tert-OH is 2. The standard InChI is InChI=1S/C22H28N6O3/c1-22(2,3)27-20-19-15(7-8-28(9-11-30)21(19)31)12-18(26-20)25-17-13-16(23-14-24-17)6-4-5-10-29/h4,6-8,12-14,29-30H,5,9-11H2,1-3H3,(H2,23,24,25,26,27)/b6-4+. The van der Waals surface area contributed by atoms with E-state index in [0.717, 1.165) is 5.39 Å². The summed E-state index contributed by atoms with van der Waals surface area (Å²) in [5, 5.41) is 25.8. The minimum atomic E-state index is -0.317. The Morgan fingerprint density at radius 2 is 1.94 bits per heavy atom. The predicted octanol–water partition coefficient (Wildman–Crippen LogP) is 2.53. The second-order valence-electron chi connectivity index (χ2n) is 8.10. The molecule has 0 radical (unpaired) electrons. The molecule has 3 aromatic heterocycles. The molecule has 3 heterocycles. The Hall–Kier alpha value is -3.30. The molecule has 3 rings (SSSR count). The van der Waals surface area contributed by atoms with Crippen LogP contribution in [0.3, 0.4) is 0 Å². The molecule has 0 aliphatic heterocycles. The first-order valence-corrected chi connectivity index (χ1v) is 10.1. The highest BCUT2D eigenvalue weighted by molar-refractivity contribution is 5.93. The number of rotatable bonds is 8. The van der Waals surface area contributed by atoms with Crippen LogP contribution in [0.1, 0.15) is 32.9 Å². The lowest BCUT2D eigenvalue weighted by Gasteiger charge is -2.23. The highest BCUT2D eigenvalue weighted by Crippen LogP contribution is 2.26. The van der Waals surface area contributed by atoms with E-state index in [2.05, 4.69) is 25.6 Å². The molecular formula is C22H28N6O3. The first-order chi connectivity index (χ1) is 14.8. The molecule has 0 aliphatic rings. The zero-order chi connectivity index (χ0) is 22.4. The summed E-state index contributed by atoms with van der Waals surface area (Å²) in [6, 6.07) is 5.39. The van der Waals surface area contributed by atoms with E-state index >= 15 is 0 Å². The average molecular weight is 425 g/mol. The van der Waals surface area contributed by atoms with Crippen molar-refractivity contribution in [2.45, 2.75) is 39.3 Å². The summed E-state index contributed by atoms with van der Waals surface area (Å²) in [7, 11) is 0. The van der Waals surface area contributed by atoms with E-state index in [1.165, 1.54) is 10.9 Å². The van der Waals surface area contributed by atoms with Crippen LogP contribution in [0.15, 0.2) is 41.6 Å². The molecular weight excluding hydrogens is 396 g/mol. The van der Waals surface area contributed by atoms with Crippen molar-refractivity contribution < 1.29 is 10.2 Å². The SMILES string of the molecule is CC(C)(C)Nc1nc(Nc2cc(/C=C/CCO)ncn2)cc2ccn(CCO)c(=O)c12. The molecule has 9 heteroatoms. The van der Waals surface area contributed by atoms with Gasteiger partial charge in [0.15, 0.2) is 0 Å². The van der Waals surface area contributed by atoms with Gasteiger partial charge in [-0.05, 0) is 50.8 Å². The molecule has 0 unspecified atom stereocenters. The topological polar surface area (TPSA) is 125 Å². The van der Waals surface area contributed by atoms with Crippen LogP contribution in [0, 0.1) is 0 Å². The van der Waals surface area contributed by atoms with Crippen LogP contribution in [0.2, 0.25) is 0 Å². The lowest BCUT2D eigenvalue weighted by molar-refractivity contribution is 0.274. The van der Waals surface area contributed by atoms with Crippen LogP contribution in [0.5, 0.6) is 0 Å². The molecule has 0 atom stereocenters. The normalized spacial score (nSPS) is 11.9. The van der Waals surface area contributed by atoms with Gasteiger partial charge in [-0.1, -0.05) is 6.08 Å². The predicted molar refractivity (Wildman–Crippen MR) is 123 cm³/mol. The van der Waals surface area contributed by atoms with Gasteiger partial charge >= 0.3 is 0 Å². The molecule has 31 heavy (non-hydrogen) atoms. The van der Waals surface area contributed by atoms with E-state index in [4.69, 9.17) is 5.11 Å². The summed E-state index contributed by atoms with van der Waals surface area (Å²) < 4.78 is 1.47. The number of pyridine rings is 2. The van der Waals surface area contributed by atoms with Gasteiger partial charge < -0.3 is 25.4 Å². The average Bonchev–Trinajstić information content (AvgIpc) is 2.69. The minimum absolute atomic E-state index is 0.0806. The Labute approximate surface area is 180 Å². The molecule has 3 aromatic rings. The third-order valence-electron chi connectivity index (χ3n) is 4.32. The van der Waals surface area contributed by atoms with Crippen molar-refractivity contribution in [2.24, 2.45) is 0 Å². The lowest BCUT2D eigenvalue weighted by Crippen LogP contribution is -2.29. The molecule has 0 aliphatic carbocycles. The molecule has 164 valence electrons. The second-order valence-corrected chi connectivity index (χ2v) is 8.10. The Kier molecular flexibility index (Phi) is 6.98. The minimum Gasteiger partial charge on any atom is -0.396 e. The van der Waals surface area contributed by atoms with Crippen LogP contribution in [0.25, 0.3) is 16.8 Å². The maximum Gasteiger partial charge on any atom is 0.262 e. The van der Waals surface area contributed by atoms with Crippen LogP contribution in [-0.2, 0) is 6.54 Å². The maximum atomic E-state index is 13.0. The number of fused-ring (bicyclic) bond motifs is 1. The summed E-state index contributed by atoms with van der Waals surface area (Å²) in [6.07, 6.45) is 7.31. The first-order valence-electron chi connectivity index (χ1n) is 10.1. The van der Waals surface area contributed by atoms with Gasteiger partial charge in [0.1, 0.15) is 23.8 Å². The van der Waals surface area contributed by atoms with E-state index in [0.29, 0.717) is 35.0 Å². The van der Waals surface area contributed by atoms with Gasteiger partial charge in [0, 0.05) is 31.0 Å². The largest absolute Gasteiger partial charge is 0.396 e. The van der Waals surface area contributed by atoms with Crippen molar-refractivity contribution in [3.63, 3.8) is 0 Å². The van der Waals surface area contributed by atoms with E-state index in [1.54, 1.807) is 18.3 Å². The third kappa shape index (κ3) is 5.87. The monoisotopic (exact) mass is 424 g/mol. The van der Waals surface area contributed by atoms with E-state index < -0.39 is 0 Å². The Balaban J connectivity index is 2.03. The molecule has 0 bridgehead atoms. The highest BCUT2D eigenvalue weighted by Gasteiger charge is 2.17. The summed E-state index contributed by atoms with van der Waals surface area (Å²) in [4.78, 5) is 26.0. The molecule has 4 N–H and O–H groups in total. The number of hydrogen-bond acceptors (Lipinski definition) is 8. The fourth-order valence-electron chi connectivity index (χ4n) is 3.04. The molecule has 0 fully saturated rings. The Morgan fingerprint density at radius 3 is 2.65 bits per heavy atom. The molecule has 0 spiro atoms. The van der Waals surface area contributed by atoms with Gasteiger partial charge in [0.25, 0.3) is 5.56 Å². The van der Waals surface area contributed by atoms with Gasteiger partial charge in [-0.15, -0.1) is 0 Å². The number of hydrogen-bond donors (Lipinski definition) is 4. The van der Waals surface area contributed by atoms with E-state index in [-0.39, 0.29) is 30.9 Å². The Bertz CT molecular complexity index is 1130. The summed E-state index contributed by atoms with van der Waals surface area (Å²) in [5.74, 6) is 1.55. The fourth-order valence-corrected chi connectivity index (χ4v) is 3.04. The molecule has 0 saturated carbocycles. The van der Waals surface area contributed by atoms with Crippen molar-refractivity contribution in [2.75, 3.05) is 23.8 Å². The maximum absolute atomic E-state index is 13.0. The van der Waals surface area contributed by atoms with Gasteiger partial charge in [0.2, 0.25) is 0 Å².